The molecule has 1 unspecified atom stereocenters. The topological polar surface area (TPSA) is 135 Å². The molecule has 1 aliphatic heterocycles. The Labute approximate surface area is 155 Å². The number of rotatable bonds is 9. The molecule has 1 aromatic rings. The van der Waals surface area contributed by atoms with Crippen molar-refractivity contribution >= 4 is 18.0 Å². The lowest BCUT2D eigenvalue weighted by Crippen LogP contribution is -2.49. The van der Waals surface area contributed by atoms with Crippen molar-refractivity contribution in [1.82, 2.24) is 16.1 Å². The van der Waals surface area contributed by atoms with Gasteiger partial charge in [-0.05, 0) is 5.56 Å². The molecule has 0 aliphatic carbocycles. The summed E-state index contributed by atoms with van der Waals surface area (Å²) in [5.74, 6) is -1.50. The molecule has 0 aromatic heterocycles. The lowest BCUT2D eigenvalue weighted by molar-refractivity contribution is -0.139. The highest BCUT2D eigenvalue weighted by Gasteiger charge is 2.26. The molecule has 0 saturated heterocycles. The average molecular weight is 379 g/mol. The predicted molar refractivity (Wildman–Crippen MR) is 91.9 cm³/mol. The summed E-state index contributed by atoms with van der Waals surface area (Å²) in [6.07, 6.45) is -0.358. The van der Waals surface area contributed by atoms with Crippen molar-refractivity contribution in [2.24, 2.45) is 0 Å². The van der Waals surface area contributed by atoms with Gasteiger partial charge in [0, 0.05) is 6.08 Å². The Morgan fingerprint density at radius 2 is 2.04 bits per heavy atom. The lowest BCUT2D eigenvalue weighted by atomic mass is 10.2. The summed E-state index contributed by atoms with van der Waals surface area (Å²) in [4.78, 5) is 40.2. The van der Waals surface area contributed by atoms with Gasteiger partial charge in [0.25, 0.3) is 0 Å². The minimum atomic E-state index is -1.29. The number of alkyl carbamates (subject to hydrolysis) is 1. The molecule has 0 saturated carbocycles. The minimum absolute atomic E-state index is 0.000255. The second kappa shape index (κ2) is 10.0. The molecule has 27 heavy (non-hydrogen) atoms. The first-order chi connectivity index (χ1) is 13.0. The summed E-state index contributed by atoms with van der Waals surface area (Å²) in [7, 11) is 1.46. The van der Waals surface area contributed by atoms with Crippen LogP contribution in [0.5, 0.6) is 0 Å². The van der Waals surface area contributed by atoms with Gasteiger partial charge < -0.3 is 25.2 Å². The van der Waals surface area contributed by atoms with Crippen LogP contribution in [0, 0.1) is 0 Å². The number of amides is 2. The molecule has 2 rings (SSSR count). The van der Waals surface area contributed by atoms with Crippen LogP contribution in [0.4, 0.5) is 4.79 Å². The van der Waals surface area contributed by atoms with Crippen molar-refractivity contribution < 1.29 is 33.8 Å². The van der Waals surface area contributed by atoms with E-state index in [2.05, 4.69) is 16.1 Å². The Morgan fingerprint density at radius 1 is 1.30 bits per heavy atom. The first kappa shape index (κ1) is 20.0. The molecule has 10 nitrogen and oxygen atoms in total. The molecular formula is C17H21N3O7. The van der Waals surface area contributed by atoms with E-state index >= 15 is 0 Å². The van der Waals surface area contributed by atoms with Crippen molar-refractivity contribution in [1.29, 1.82) is 0 Å². The summed E-state index contributed by atoms with van der Waals surface area (Å²) < 4.78 is 9.94. The average Bonchev–Trinajstić information content (AvgIpc) is 3.12. The van der Waals surface area contributed by atoms with Crippen molar-refractivity contribution in [3.63, 3.8) is 0 Å². The summed E-state index contributed by atoms with van der Waals surface area (Å²) >= 11 is 0. The molecule has 4 N–H and O–H groups in total. The highest BCUT2D eigenvalue weighted by atomic mass is 16.7. The van der Waals surface area contributed by atoms with Crippen LogP contribution in [0.1, 0.15) is 12.0 Å². The van der Waals surface area contributed by atoms with Crippen LogP contribution in [-0.2, 0) is 30.5 Å². The quantitative estimate of drug-likeness (QED) is 0.480. The maximum atomic E-state index is 12.2. The molecule has 0 spiro atoms. The molecule has 1 heterocycles. The van der Waals surface area contributed by atoms with Crippen molar-refractivity contribution in [3.05, 3.63) is 47.9 Å². The van der Waals surface area contributed by atoms with E-state index in [4.69, 9.17) is 19.4 Å². The number of methoxy groups -OCH3 is 1. The fourth-order valence-electron chi connectivity index (χ4n) is 2.20. The van der Waals surface area contributed by atoms with E-state index in [-0.39, 0.29) is 13.2 Å². The van der Waals surface area contributed by atoms with Crippen molar-refractivity contribution in [2.45, 2.75) is 25.2 Å². The van der Waals surface area contributed by atoms with Gasteiger partial charge in [0.15, 0.2) is 0 Å². The number of ether oxygens (including phenoxy) is 2. The zero-order chi connectivity index (χ0) is 19.6. The van der Waals surface area contributed by atoms with Crippen LogP contribution in [0.3, 0.4) is 0 Å². The summed E-state index contributed by atoms with van der Waals surface area (Å²) in [6, 6.07) is 7.66. The van der Waals surface area contributed by atoms with E-state index in [9.17, 15) is 14.4 Å². The van der Waals surface area contributed by atoms with Crippen LogP contribution >= 0.6 is 0 Å². The highest BCUT2D eigenvalue weighted by molar-refractivity contribution is 5.89. The van der Waals surface area contributed by atoms with Crippen LogP contribution in [0.2, 0.25) is 0 Å². The normalized spacial score (nSPS) is 16.5. The molecule has 1 aromatic carbocycles. The number of carbonyl (C=O) groups excluding carboxylic acids is 2. The van der Waals surface area contributed by atoms with E-state index in [0.29, 0.717) is 5.88 Å². The van der Waals surface area contributed by atoms with E-state index in [1.807, 2.05) is 6.07 Å². The van der Waals surface area contributed by atoms with Gasteiger partial charge in [-0.15, -0.1) is 0 Å². The molecule has 0 fully saturated rings. The first-order valence-electron chi connectivity index (χ1n) is 8.12. The predicted octanol–water partition coefficient (Wildman–Crippen LogP) is 0.264. The maximum absolute atomic E-state index is 12.2. The van der Waals surface area contributed by atoms with E-state index in [1.54, 1.807) is 30.3 Å². The number of hydroxylamine groups is 1. The Hall–Kier alpha value is -3.27. The maximum Gasteiger partial charge on any atom is 0.408 e. The van der Waals surface area contributed by atoms with Crippen molar-refractivity contribution in [2.75, 3.05) is 13.7 Å². The van der Waals surface area contributed by atoms with Gasteiger partial charge in [-0.1, -0.05) is 30.3 Å². The number of carboxylic acids is 1. The van der Waals surface area contributed by atoms with Gasteiger partial charge in [0.1, 0.15) is 18.8 Å². The molecule has 0 bridgehead atoms. The van der Waals surface area contributed by atoms with Gasteiger partial charge in [-0.3, -0.25) is 14.4 Å². The number of hydrogen-bond acceptors (Lipinski definition) is 7. The zero-order valence-corrected chi connectivity index (χ0v) is 14.6. The molecule has 10 heteroatoms. The highest BCUT2D eigenvalue weighted by Crippen LogP contribution is 2.06. The third-order valence-electron chi connectivity index (χ3n) is 3.55. The monoisotopic (exact) mass is 379 g/mol. The van der Waals surface area contributed by atoms with Gasteiger partial charge in [-0.25, -0.2) is 10.3 Å². The minimum Gasteiger partial charge on any atom is -0.481 e. The number of nitrogens with one attached hydrogen (secondary N) is 3. The van der Waals surface area contributed by atoms with E-state index in [1.165, 1.54) is 7.11 Å². The van der Waals surface area contributed by atoms with Crippen LogP contribution < -0.4 is 16.1 Å². The second-order valence-corrected chi connectivity index (χ2v) is 5.60. The molecule has 2 amide bonds. The fourth-order valence-corrected chi connectivity index (χ4v) is 2.20. The zero-order valence-electron chi connectivity index (χ0n) is 14.6. The summed E-state index contributed by atoms with van der Waals surface area (Å²) in [6.45, 7) is 0.0653. The Balaban J connectivity index is 1.83. The van der Waals surface area contributed by atoms with E-state index in [0.717, 1.165) is 5.56 Å². The van der Waals surface area contributed by atoms with Gasteiger partial charge in [0.05, 0.1) is 20.1 Å². The number of benzene rings is 1. The van der Waals surface area contributed by atoms with Gasteiger partial charge >= 0.3 is 12.1 Å². The number of carboxylic acid groups (broad SMARTS) is 1. The van der Waals surface area contributed by atoms with Crippen LogP contribution in [-0.4, -0.2) is 48.9 Å². The molecule has 0 radical (unpaired) electrons. The van der Waals surface area contributed by atoms with Crippen LogP contribution in [0.25, 0.3) is 0 Å². The number of hydrogen-bond donors (Lipinski definition) is 4. The molecule has 146 valence electrons. The van der Waals surface area contributed by atoms with Gasteiger partial charge in [0.2, 0.25) is 11.8 Å². The Bertz CT molecular complexity index is 693. The smallest absolute Gasteiger partial charge is 0.408 e. The fraction of sp³-hybridized carbons (Fsp3) is 0.353. The number of carbonyl (C=O) groups is 3. The van der Waals surface area contributed by atoms with Crippen molar-refractivity contribution in [3.8, 4) is 0 Å². The lowest BCUT2D eigenvalue weighted by Gasteiger charge is -2.17. The molecular weight excluding hydrogens is 358 g/mol. The Morgan fingerprint density at radius 3 is 2.67 bits per heavy atom. The standard InChI is InChI=1S/C17H21N3O7/c1-25-14-7-12(27-20-14)9-18-16(23)13(8-15(21)22)19-17(24)26-10-11-5-3-2-4-6-11/h2-7,12-13,20H,8-10H2,1H3,(H,18,23)(H,19,24)(H,21,22)/t12?,13-/m0/s1. The number of aliphatic carboxylic acids is 1. The third kappa shape index (κ3) is 6.86. The largest absolute Gasteiger partial charge is 0.481 e. The second-order valence-electron chi connectivity index (χ2n) is 5.60. The van der Waals surface area contributed by atoms with Gasteiger partial charge in [-0.2, -0.15) is 0 Å². The van der Waals surface area contributed by atoms with E-state index < -0.39 is 36.5 Å². The van der Waals surface area contributed by atoms with Crippen LogP contribution in [0.15, 0.2) is 42.3 Å². The third-order valence-corrected chi connectivity index (χ3v) is 3.55. The first-order valence-corrected chi connectivity index (χ1v) is 8.12. The summed E-state index contributed by atoms with van der Waals surface area (Å²) in [5, 5.41) is 13.7. The Kier molecular flexibility index (Phi) is 7.44. The SMILES string of the molecule is COC1=CC(CNC(=O)[C@H](CC(=O)O)NC(=O)OCc2ccccc2)ON1. The molecule has 1 aliphatic rings. The molecule has 2 atom stereocenters. The summed E-state index contributed by atoms with van der Waals surface area (Å²) in [5.41, 5.74) is 3.27.